The first-order chi connectivity index (χ1) is 9.06. The van der Waals surface area contributed by atoms with Gasteiger partial charge in [-0.05, 0) is 57.0 Å². The summed E-state index contributed by atoms with van der Waals surface area (Å²) in [6, 6.07) is 8.13. The topological polar surface area (TPSA) is 15.3 Å². The zero-order chi connectivity index (χ0) is 13.8. The number of hydrogen-bond acceptors (Lipinski definition) is 2. The van der Waals surface area contributed by atoms with Gasteiger partial charge >= 0.3 is 0 Å². The quantitative estimate of drug-likeness (QED) is 0.814. The summed E-state index contributed by atoms with van der Waals surface area (Å²) in [5, 5.41) is 3.58. The lowest BCUT2D eigenvalue weighted by molar-refractivity contribution is 0.188. The Hall–Kier alpha value is -0.930. The number of nitrogens with one attached hydrogen (secondary N) is 1. The molecule has 2 unspecified atom stereocenters. The highest BCUT2D eigenvalue weighted by molar-refractivity contribution is 5.16. The minimum atomic E-state index is -0.151. The molecule has 0 saturated heterocycles. The van der Waals surface area contributed by atoms with Crippen LogP contribution in [-0.2, 0) is 6.54 Å². The molecule has 1 aliphatic carbocycles. The van der Waals surface area contributed by atoms with Gasteiger partial charge in [-0.15, -0.1) is 0 Å². The summed E-state index contributed by atoms with van der Waals surface area (Å²) in [7, 11) is 2.11. The minimum Gasteiger partial charge on any atom is -0.314 e. The zero-order valence-corrected chi connectivity index (χ0v) is 12.2. The summed E-state index contributed by atoms with van der Waals surface area (Å²) in [4.78, 5) is 2.30. The second-order valence-corrected chi connectivity index (χ2v) is 5.95. The Labute approximate surface area is 116 Å². The summed E-state index contributed by atoms with van der Waals surface area (Å²) in [5.74, 6) is 0.446. The summed E-state index contributed by atoms with van der Waals surface area (Å²) < 4.78 is 13.2. The lowest BCUT2D eigenvalue weighted by Crippen LogP contribution is -2.39. The average Bonchev–Trinajstić information content (AvgIpc) is 3.19. The van der Waals surface area contributed by atoms with Crippen LogP contribution < -0.4 is 5.32 Å². The molecule has 1 aromatic carbocycles. The van der Waals surface area contributed by atoms with Crippen LogP contribution in [-0.4, -0.2) is 30.6 Å². The molecule has 1 aromatic rings. The van der Waals surface area contributed by atoms with Crippen molar-refractivity contribution < 1.29 is 4.39 Å². The third-order valence-corrected chi connectivity index (χ3v) is 4.15. The zero-order valence-electron chi connectivity index (χ0n) is 12.2. The van der Waals surface area contributed by atoms with Gasteiger partial charge in [0.05, 0.1) is 0 Å². The van der Waals surface area contributed by atoms with Gasteiger partial charge < -0.3 is 5.32 Å². The predicted molar refractivity (Wildman–Crippen MR) is 77.5 cm³/mol. The molecule has 1 N–H and O–H groups in total. The summed E-state index contributed by atoms with van der Waals surface area (Å²) in [5.41, 5.74) is 1.04. The van der Waals surface area contributed by atoms with E-state index in [4.69, 9.17) is 0 Å². The fourth-order valence-electron chi connectivity index (χ4n) is 2.31. The van der Waals surface area contributed by atoms with E-state index in [9.17, 15) is 4.39 Å². The Kier molecular flexibility index (Phi) is 4.94. The van der Waals surface area contributed by atoms with Gasteiger partial charge in [0.2, 0.25) is 0 Å². The van der Waals surface area contributed by atoms with Crippen molar-refractivity contribution in [3.8, 4) is 0 Å². The van der Waals surface area contributed by atoms with Gasteiger partial charge in [0.15, 0.2) is 0 Å². The van der Waals surface area contributed by atoms with Crippen LogP contribution in [0.15, 0.2) is 24.3 Å². The Bertz CT molecular complexity index is 403. The highest BCUT2D eigenvalue weighted by Crippen LogP contribution is 2.20. The molecular weight excluding hydrogens is 239 g/mol. The third kappa shape index (κ3) is 4.59. The van der Waals surface area contributed by atoms with Crippen LogP contribution >= 0.6 is 0 Å². The molecule has 0 amide bonds. The van der Waals surface area contributed by atoms with Crippen molar-refractivity contribution in [3.05, 3.63) is 35.6 Å². The molecule has 106 valence electrons. The second-order valence-electron chi connectivity index (χ2n) is 5.95. The van der Waals surface area contributed by atoms with Crippen LogP contribution in [0.4, 0.5) is 4.39 Å². The van der Waals surface area contributed by atoms with E-state index in [0.717, 1.165) is 24.7 Å². The maximum atomic E-state index is 13.2. The molecule has 19 heavy (non-hydrogen) atoms. The van der Waals surface area contributed by atoms with E-state index in [-0.39, 0.29) is 5.82 Å². The molecule has 0 bridgehead atoms. The molecule has 1 aliphatic rings. The Balaban J connectivity index is 1.81. The molecule has 0 aliphatic heterocycles. The minimum absolute atomic E-state index is 0.151. The van der Waals surface area contributed by atoms with Crippen LogP contribution in [0.25, 0.3) is 0 Å². The van der Waals surface area contributed by atoms with Crippen molar-refractivity contribution in [1.82, 2.24) is 10.2 Å². The summed E-state index contributed by atoms with van der Waals surface area (Å²) in [6.45, 7) is 6.40. The van der Waals surface area contributed by atoms with Gasteiger partial charge in [0.1, 0.15) is 5.82 Å². The van der Waals surface area contributed by atoms with E-state index in [2.05, 4.69) is 31.1 Å². The first-order valence-electron chi connectivity index (χ1n) is 7.24. The van der Waals surface area contributed by atoms with Crippen molar-refractivity contribution in [3.63, 3.8) is 0 Å². The lowest BCUT2D eigenvalue weighted by Gasteiger charge is -2.30. The number of rotatable bonds is 7. The van der Waals surface area contributed by atoms with E-state index in [1.54, 1.807) is 12.1 Å². The molecule has 0 aromatic heterocycles. The normalized spacial score (nSPS) is 18.6. The lowest BCUT2D eigenvalue weighted by atomic mass is 10.0. The molecule has 1 fully saturated rings. The molecule has 2 nitrogen and oxygen atoms in total. The molecule has 0 heterocycles. The van der Waals surface area contributed by atoms with E-state index in [0.29, 0.717) is 12.0 Å². The Morgan fingerprint density at radius 2 is 2.11 bits per heavy atom. The first kappa shape index (κ1) is 14.5. The van der Waals surface area contributed by atoms with E-state index >= 15 is 0 Å². The number of hydrogen-bond donors (Lipinski definition) is 1. The monoisotopic (exact) mass is 264 g/mol. The predicted octanol–water partition coefficient (Wildman–Crippen LogP) is 3.03. The van der Waals surface area contributed by atoms with Crippen molar-refractivity contribution >= 4 is 0 Å². The summed E-state index contributed by atoms with van der Waals surface area (Å²) in [6.07, 6.45) is 2.67. The molecule has 0 radical (unpaired) electrons. The fourth-order valence-corrected chi connectivity index (χ4v) is 2.31. The molecule has 0 spiro atoms. The first-order valence-corrected chi connectivity index (χ1v) is 7.24. The van der Waals surface area contributed by atoms with Gasteiger partial charge in [0, 0.05) is 18.6 Å². The highest BCUT2D eigenvalue weighted by atomic mass is 19.1. The van der Waals surface area contributed by atoms with Crippen molar-refractivity contribution in [2.75, 3.05) is 13.6 Å². The van der Waals surface area contributed by atoms with E-state index < -0.39 is 0 Å². The number of benzene rings is 1. The standard InChI is InChI=1S/C16H25FN2/c1-12(10-18-16-7-8-16)13(2)19(3)11-14-5-4-6-15(17)9-14/h4-6,9,12-13,16,18H,7-8,10-11H2,1-3H3. The SMILES string of the molecule is CC(CNC1CC1)C(C)N(C)Cc1cccc(F)c1. The van der Waals surface area contributed by atoms with Crippen molar-refractivity contribution in [1.29, 1.82) is 0 Å². The third-order valence-electron chi connectivity index (χ3n) is 4.15. The summed E-state index contributed by atoms with van der Waals surface area (Å²) >= 11 is 0. The molecular formula is C16H25FN2. The van der Waals surface area contributed by atoms with E-state index in [1.807, 2.05) is 6.07 Å². The van der Waals surface area contributed by atoms with Crippen molar-refractivity contribution in [2.24, 2.45) is 5.92 Å². The highest BCUT2D eigenvalue weighted by Gasteiger charge is 2.23. The van der Waals surface area contributed by atoms with Crippen LogP contribution in [0.5, 0.6) is 0 Å². The number of nitrogens with zero attached hydrogens (tertiary/aromatic N) is 1. The maximum Gasteiger partial charge on any atom is 0.123 e. The van der Waals surface area contributed by atoms with Gasteiger partial charge in [-0.3, -0.25) is 4.90 Å². The van der Waals surface area contributed by atoms with Crippen LogP contribution in [0.3, 0.4) is 0 Å². The van der Waals surface area contributed by atoms with Gasteiger partial charge in [0.25, 0.3) is 0 Å². The van der Waals surface area contributed by atoms with Crippen molar-refractivity contribution in [2.45, 2.75) is 45.3 Å². The molecule has 1 saturated carbocycles. The smallest absolute Gasteiger partial charge is 0.123 e. The Morgan fingerprint density at radius 1 is 1.37 bits per heavy atom. The molecule has 3 heteroatoms. The van der Waals surface area contributed by atoms with Gasteiger partial charge in [-0.2, -0.15) is 0 Å². The fraction of sp³-hybridized carbons (Fsp3) is 0.625. The molecule has 2 rings (SSSR count). The van der Waals surface area contributed by atoms with Crippen LogP contribution in [0, 0.1) is 11.7 Å². The van der Waals surface area contributed by atoms with Crippen LogP contribution in [0.1, 0.15) is 32.3 Å². The second kappa shape index (κ2) is 6.49. The average molecular weight is 264 g/mol. The number of halogens is 1. The Morgan fingerprint density at radius 3 is 2.74 bits per heavy atom. The largest absolute Gasteiger partial charge is 0.314 e. The van der Waals surface area contributed by atoms with E-state index in [1.165, 1.54) is 18.9 Å². The van der Waals surface area contributed by atoms with Gasteiger partial charge in [-0.25, -0.2) is 4.39 Å². The van der Waals surface area contributed by atoms with Crippen LogP contribution in [0.2, 0.25) is 0 Å². The van der Waals surface area contributed by atoms with Gasteiger partial charge in [-0.1, -0.05) is 19.1 Å². The molecule has 2 atom stereocenters. The maximum absolute atomic E-state index is 13.2.